The van der Waals surface area contributed by atoms with Gasteiger partial charge in [0.1, 0.15) is 5.75 Å². The van der Waals surface area contributed by atoms with E-state index >= 15 is 0 Å². The highest BCUT2D eigenvalue weighted by molar-refractivity contribution is 7.17. The van der Waals surface area contributed by atoms with Crippen molar-refractivity contribution in [3.05, 3.63) is 64.5 Å². The maximum Gasteiger partial charge on any atom is 0.119 e. The second kappa shape index (κ2) is 5.85. The summed E-state index contributed by atoms with van der Waals surface area (Å²) in [5.41, 5.74) is 6.50. The zero-order valence-corrected chi connectivity index (χ0v) is 12.9. The summed E-state index contributed by atoms with van der Waals surface area (Å²) in [7, 11) is 1.68. The summed E-state index contributed by atoms with van der Waals surface area (Å²) in [6.45, 7) is 2.08. The second-order valence-corrected chi connectivity index (χ2v) is 5.92. The summed E-state index contributed by atoms with van der Waals surface area (Å²) < 4.78 is 6.55. The normalized spacial score (nSPS) is 12.5. The highest BCUT2D eigenvalue weighted by Gasteiger charge is 2.18. The number of benzene rings is 2. The van der Waals surface area contributed by atoms with E-state index in [0.29, 0.717) is 0 Å². The molecule has 1 atom stereocenters. The number of methoxy groups -OCH3 is 1. The van der Waals surface area contributed by atoms with Crippen molar-refractivity contribution in [1.29, 1.82) is 0 Å². The van der Waals surface area contributed by atoms with Crippen molar-refractivity contribution >= 4 is 21.4 Å². The van der Waals surface area contributed by atoms with Gasteiger partial charge in [0.05, 0.1) is 13.2 Å². The maximum absolute atomic E-state index is 5.85. The van der Waals surface area contributed by atoms with Crippen molar-refractivity contribution in [2.24, 2.45) is 5.84 Å². The van der Waals surface area contributed by atoms with Crippen LogP contribution >= 0.6 is 11.3 Å². The van der Waals surface area contributed by atoms with Gasteiger partial charge in [-0.15, -0.1) is 11.3 Å². The lowest BCUT2D eigenvalue weighted by Gasteiger charge is -2.19. The molecule has 3 nitrogen and oxygen atoms in total. The molecule has 0 aliphatic carbocycles. The Bertz CT molecular complexity index is 766. The number of hydrogen-bond acceptors (Lipinski definition) is 4. The van der Waals surface area contributed by atoms with Crippen LogP contribution in [0, 0.1) is 6.92 Å². The molecular formula is C17H18N2OS. The fraction of sp³-hybridized carbons (Fsp3) is 0.176. The van der Waals surface area contributed by atoms with E-state index in [2.05, 4.69) is 48.1 Å². The molecule has 0 saturated heterocycles. The van der Waals surface area contributed by atoms with E-state index in [9.17, 15) is 0 Å². The molecule has 0 radical (unpaired) electrons. The molecule has 0 amide bonds. The van der Waals surface area contributed by atoms with E-state index < -0.39 is 0 Å². The van der Waals surface area contributed by atoms with Crippen LogP contribution in [0.15, 0.2) is 47.8 Å². The van der Waals surface area contributed by atoms with E-state index in [-0.39, 0.29) is 6.04 Å². The van der Waals surface area contributed by atoms with Gasteiger partial charge in [-0.1, -0.05) is 24.3 Å². The van der Waals surface area contributed by atoms with Crippen LogP contribution in [0.4, 0.5) is 0 Å². The summed E-state index contributed by atoms with van der Waals surface area (Å²) in [5, 5.41) is 3.43. The molecule has 0 fully saturated rings. The summed E-state index contributed by atoms with van der Waals surface area (Å²) in [5.74, 6) is 6.71. The molecule has 3 rings (SSSR count). The van der Waals surface area contributed by atoms with Crippen LogP contribution in [0.1, 0.15) is 22.7 Å². The second-order valence-electron chi connectivity index (χ2n) is 5.01. The Kier molecular flexibility index (Phi) is 3.92. The Labute approximate surface area is 128 Å². The van der Waals surface area contributed by atoms with Crippen molar-refractivity contribution < 1.29 is 4.74 Å². The number of rotatable bonds is 4. The predicted octanol–water partition coefficient (Wildman–Crippen LogP) is 3.77. The third kappa shape index (κ3) is 2.53. The minimum atomic E-state index is -0.0212. The van der Waals surface area contributed by atoms with Crippen LogP contribution in [-0.4, -0.2) is 7.11 Å². The van der Waals surface area contributed by atoms with Gasteiger partial charge in [0.15, 0.2) is 0 Å². The quantitative estimate of drug-likeness (QED) is 0.569. The molecule has 4 heteroatoms. The summed E-state index contributed by atoms with van der Waals surface area (Å²) in [4.78, 5) is 0. The first-order valence-corrected chi connectivity index (χ1v) is 7.69. The Balaban J connectivity index is 2.10. The lowest BCUT2D eigenvalue weighted by Crippen LogP contribution is -2.29. The van der Waals surface area contributed by atoms with Crippen molar-refractivity contribution in [3.8, 4) is 5.75 Å². The van der Waals surface area contributed by atoms with Gasteiger partial charge in [-0.25, -0.2) is 5.43 Å². The highest BCUT2D eigenvalue weighted by atomic mass is 32.1. The van der Waals surface area contributed by atoms with Crippen LogP contribution in [-0.2, 0) is 0 Å². The lowest BCUT2D eigenvalue weighted by molar-refractivity contribution is 0.414. The average Bonchev–Trinajstić information content (AvgIpc) is 2.94. The van der Waals surface area contributed by atoms with Gasteiger partial charge in [0.2, 0.25) is 0 Å². The van der Waals surface area contributed by atoms with Crippen molar-refractivity contribution in [2.45, 2.75) is 13.0 Å². The van der Waals surface area contributed by atoms with Crippen LogP contribution in [0.2, 0.25) is 0 Å². The van der Waals surface area contributed by atoms with E-state index in [0.717, 1.165) is 11.3 Å². The topological polar surface area (TPSA) is 47.3 Å². The van der Waals surface area contributed by atoms with Gasteiger partial charge < -0.3 is 4.74 Å². The summed E-state index contributed by atoms with van der Waals surface area (Å²) >= 11 is 1.75. The average molecular weight is 298 g/mol. The zero-order valence-electron chi connectivity index (χ0n) is 12.1. The molecular weight excluding hydrogens is 280 g/mol. The lowest BCUT2D eigenvalue weighted by atomic mass is 9.95. The minimum Gasteiger partial charge on any atom is -0.497 e. The van der Waals surface area contributed by atoms with Gasteiger partial charge in [0, 0.05) is 4.70 Å². The number of ether oxygens (including phenoxy) is 1. The third-order valence-corrected chi connectivity index (χ3v) is 4.76. The zero-order chi connectivity index (χ0) is 14.8. The standard InChI is InChI=1S/C17H18N2OS/c1-11-9-12(20-2)7-8-13(11)17(19-18)15-10-21-16-6-4-3-5-14(15)16/h3-10,17,19H,18H2,1-2H3. The number of nitrogens with one attached hydrogen (secondary N) is 1. The Hall–Kier alpha value is -1.88. The number of fused-ring (bicyclic) bond motifs is 1. The summed E-state index contributed by atoms with van der Waals surface area (Å²) in [6.07, 6.45) is 0. The number of hydrazine groups is 1. The smallest absolute Gasteiger partial charge is 0.119 e. The molecule has 3 aromatic rings. The first kappa shape index (κ1) is 14.1. The van der Waals surface area contributed by atoms with Crippen LogP contribution in [0.5, 0.6) is 5.75 Å². The molecule has 0 spiro atoms. The molecule has 0 saturated carbocycles. The Morgan fingerprint density at radius 3 is 2.67 bits per heavy atom. The molecule has 3 N–H and O–H groups in total. The molecule has 1 unspecified atom stereocenters. The highest BCUT2D eigenvalue weighted by Crippen LogP contribution is 2.34. The Morgan fingerprint density at radius 1 is 1.14 bits per heavy atom. The minimum absolute atomic E-state index is 0.0212. The predicted molar refractivity (Wildman–Crippen MR) is 88.7 cm³/mol. The maximum atomic E-state index is 5.85. The number of aryl methyl sites for hydroxylation is 1. The van der Waals surface area contributed by atoms with E-state index in [4.69, 9.17) is 10.6 Å². The van der Waals surface area contributed by atoms with Gasteiger partial charge in [-0.3, -0.25) is 5.84 Å². The Morgan fingerprint density at radius 2 is 1.95 bits per heavy atom. The molecule has 0 bridgehead atoms. The molecule has 108 valence electrons. The van der Waals surface area contributed by atoms with Gasteiger partial charge in [-0.2, -0.15) is 0 Å². The molecule has 21 heavy (non-hydrogen) atoms. The van der Waals surface area contributed by atoms with E-state index in [1.165, 1.54) is 21.2 Å². The largest absolute Gasteiger partial charge is 0.497 e. The van der Waals surface area contributed by atoms with E-state index in [1.54, 1.807) is 18.4 Å². The van der Waals surface area contributed by atoms with Gasteiger partial charge >= 0.3 is 0 Å². The number of thiophene rings is 1. The van der Waals surface area contributed by atoms with Crippen molar-refractivity contribution in [3.63, 3.8) is 0 Å². The first-order valence-electron chi connectivity index (χ1n) is 6.81. The SMILES string of the molecule is COc1ccc(C(NN)c2csc3ccccc23)c(C)c1. The van der Waals surface area contributed by atoms with Crippen LogP contribution in [0.3, 0.4) is 0 Å². The molecule has 1 aromatic heterocycles. The van der Waals surface area contributed by atoms with E-state index in [1.807, 2.05) is 12.1 Å². The van der Waals surface area contributed by atoms with Gasteiger partial charge in [0.25, 0.3) is 0 Å². The monoisotopic (exact) mass is 298 g/mol. The number of hydrogen-bond donors (Lipinski definition) is 2. The number of nitrogens with two attached hydrogens (primary N) is 1. The van der Waals surface area contributed by atoms with Crippen molar-refractivity contribution in [1.82, 2.24) is 5.43 Å². The molecule has 0 aliphatic heterocycles. The van der Waals surface area contributed by atoms with Crippen LogP contribution in [0.25, 0.3) is 10.1 Å². The third-order valence-electron chi connectivity index (χ3n) is 3.78. The fourth-order valence-corrected chi connectivity index (χ4v) is 3.66. The first-order chi connectivity index (χ1) is 10.2. The van der Waals surface area contributed by atoms with Gasteiger partial charge in [-0.05, 0) is 52.6 Å². The molecule has 2 aromatic carbocycles. The van der Waals surface area contributed by atoms with Crippen molar-refractivity contribution in [2.75, 3.05) is 7.11 Å². The molecule has 0 aliphatic rings. The molecule has 1 heterocycles. The van der Waals surface area contributed by atoms with Crippen LogP contribution < -0.4 is 16.0 Å². The summed E-state index contributed by atoms with van der Waals surface area (Å²) in [6, 6.07) is 14.5. The fourth-order valence-electron chi connectivity index (χ4n) is 2.67.